The van der Waals surface area contributed by atoms with E-state index in [1.54, 1.807) is 0 Å². The van der Waals surface area contributed by atoms with Crippen LogP contribution in [0.4, 0.5) is 5.13 Å². The lowest BCUT2D eigenvalue weighted by atomic mass is 10.3. The molecule has 0 spiro atoms. The van der Waals surface area contributed by atoms with Crippen molar-refractivity contribution in [2.24, 2.45) is 0 Å². The van der Waals surface area contributed by atoms with Gasteiger partial charge in [-0.25, -0.2) is 0 Å². The zero-order chi connectivity index (χ0) is 14.3. The molecular weight excluding hydrogens is 288 g/mol. The van der Waals surface area contributed by atoms with E-state index < -0.39 is 12.0 Å². The Kier molecular flexibility index (Phi) is 6.74. The highest BCUT2D eigenvalue weighted by atomic mass is 32.2. The fraction of sp³-hybridized carbons (Fsp3) is 0.600. The number of hydrogen-bond acceptors (Lipinski definition) is 7. The van der Waals surface area contributed by atoms with Crippen LogP contribution in [-0.2, 0) is 9.59 Å². The van der Waals surface area contributed by atoms with Crippen LogP contribution in [0.5, 0.6) is 0 Å². The van der Waals surface area contributed by atoms with Gasteiger partial charge in [0.25, 0.3) is 0 Å². The minimum absolute atomic E-state index is 0.0789. The number of aliphatic carboxylic acids is 1. The van der Waals surface area contributed by atoms with Crippen molar-refractivity contribution in [2.45, 2.75) is 31.5 Å². The summed E-state index contributed by atoms with van der Waals surface area (Å²) in [7, 11) is 0. The second-order valence-electron chi connectivity index (χ2n) is 3.72. The Morgan fingerprint density at radius 2 is 2.26 bits per heavy atom. The maximum Gasteiger partial charge on any atom is 0.320 e. The smallest absolute Gasteiger partial charge is 0.320 e. The van der Waals surface area contributed by atoms with E-state index in [0.29, 0.717) is 10.3 Å². The number of aromatic nitrogens is 2. The van der Waals surface area contributed by atoms with Crippen molar-refractivity contribution in [3.05, 3.63) is 0 Å². The standard InChI is InChI=1S/C10H16N4O3S2/c1-3-4-18-10-13-9(19-14-10)12-7(15)5-11-6(2)8(16)17/h6,11H,3-5H2,1-2H3,(H,16,17)(H,12,13,14,15)/t6-/m0/s1. The van der Waals surface area contributed by atoms with Gasteiger partial charge in [-0.05, 0) is 13.3 Å². The molecule has 0 unspecified atom stereocenters. The molecule has 0 fully saturated rings. The quantitative estimate of drug-likeness (QED) is 0.616. The predicted octanol–water partition coefficient (Wildman–Crippen LogP) is 1.04. The first-order valence-electron chi connectivity index (χ1n) is 5.75. The van der Waals surface area contributed by atoms with E-state index in [0.717, 1.165) is 23.7 Å². The lowest BCUT2D eigenvalue weighted by Crippen LogP contribution is -2.39. The number of carboxylic acids is 1. The van der Waals surface area contributed by atoms with E-state index in [4.69, 9.17) is 5.11 Å². The Balaban J connectivity index is 2.35. The van der Waals surface area contributed by atoms with Crippen molar-refractivity contribution in [1.82, 2.24) is 14.7 Å². The summed E-state index contributed by atoms with van der Waals surface area (Å²) in [5.74, 6) is -0.403. The minimum atomic E-state index is -0.998. The molecule has 1 amide bonds. The Labute approximate surface area is 119 Å². The molecule has 0 radical (unpaired) electrons. The second-order valence-corrected chi connectivity index (χ2v) is 5.53. The fourth-order valence-corrected chi connectivity index (χ4v) is 2.42. The molecule has 7 nitrogen and oxygen atoms in total. The summed E-state index contributed by atoms with van der Waals surface area (Å²) >= 11 is 2.64. The van der Waals surface area contributed by atoms with E-state index in [9.17, 15) is 9.59 Å². The van der Waals surface area contributed by atoms with Gasteiger partial charge < -0.3 is 5.11 Å². The van der Waals surface area contributed by atoms with Crippen LogP contribution in [0.15, 0.2) is 5.16 Å². The zero-order valence-corrected chi connectivity index (χ0v) is 12.3. The molecule has 0 bridgehead atoms. The van der Waals surface area contributed by atoms with E-state index in [1.165, 1.54) is 18.7 Å². The van der Waals surface area contributed by atoms with Crippen LogP contribution in [0.25, 0.3) is 0 Å². The molecule has 106 valence electrons. The molecule has 9 heteroatoms. The molecule has 0 aliphatic carbocycles. The fourth-order valence-electron chi connectivity index (χ4n) is 1.01. The van der Waals surface area contributed by atoms with Gasteiger partial charge in [-0.3, -0.25) is 20.2 Å². The highest BCUT2D eigenvalue weighted by Gasteiger charge is 2.13. The number of carbonyl (C=O) groups excluding carboxylic acids is 1. The van der Waals surface area contributed by atoms with Gasteiger partial charge in [0.2, 0.25) is 16.2 Å². The largest absolute Gasteiger partial charge is 0.480 e. The molecule has 19 heavy (non-hydrogen) atoms. The normalized spacial score (nSPS) is 12.1. The van der Waals surface area contributed by atoms with Gasteiger partial charge in [0.15, 0.2) is 0 Å². The monoisotopic (exact) mass is 304 g/mol. The van der Waals surface area contributed by atoms with Crippen molar-refractivity contribution >= 4 is 40.3 Å². The van der Waals surface area contributed by atoms with Crippen molar-refractivity contribution in [1.29, 1.82) is 0 Å². The number of carboxylic acid groups (broad SMARTS) is 1. The summed E-state index contributed by atoms with van der Waals surface area (Å²) in [6, 6.07) is -0.768. The molecule has 0 saturated carbocycles. The van der Waals surface area contributed by atoms with Crippen molar-refractivity contribution in [3.8, 4) is 0 Å². The van der Waals surface area contributed by atoms with Crippen LogP contribution in [0, 0.1) is 0 Å². The number of rotatable bonds is 8. The molecule has 1 atom stereocenters. The van der Waals surface area contributed by atoms with Gasteiger partial charge in [0.1, 0.15) is 6.04 Å². The lowest BCUT2D eigenvalue weighted by molar-refractivity contribution is -0.139. The molecule has 0 aliphatic rings. The summed E-state index contributed by atoms with van der Waals surface area (Å²) in [5, 5.41) is 14.9. The van der Waals surface area contributed by atoms with Gasteiger partial charge in [0, 0.05) is 17.3 Å². The third kappa shape index (κ3) is 5.99. The Morgan fingerprint density at radius 1 is 1.53 bits per heavy atom. The summed E-state index contributed by atoms with van der Waals surface area (Å²) in [5.41, 5.74) is 0. The van der Waals surface area contributed by atoms with Crippen LogP contribution in [-0.4, -0.2) is 44.7 Å². The predicted molar refractivity (Wildman–Crippen MR) is 74.7 cm³/mol. The first-order chi connectivity index (χ1) is 9.02. The van der Waals surface area contributed by atoms with Crippen LogP contribution in [0.2, 0.25) is 0 Å². The number of hydrogen-bond donors (Lipinski definition) is 3. The Bertz CT molecular complexity index is 438. The topological polar surface area (TPSA) is 104 Å². The summed E-state index contributed by atoms with van der Waals surface area (Å²) in [6.45, 7) is 3.46. The molecule has 0 aromatic carbocycles. The average molecular weight is 304 g/mol. The molecule has 1 aromatic rings. The Morgan fingerprint density at radius 3 is 2.89 bits per heavy atom. The van der Waals surface area contributed by atoms with E-state index >= 15 is 0 Å². The highest BCUT2D eigenvalue weighted by Crippen LogP contribution is 2.20. The van der Waals surface area contributed by atoms with Crippen molar-refractivity contribution < 1.29 is 14.7 Å². The van der Waals surface area contributed by atoms with Gasteiger partial charge >= 0.3 is 5.97 Å². The van der Waals surface area contributed by atoms with Crippen LogP contribution in [0.1, 0.15) is 20.3 Å². The van der Waals surface area contributed by atoms with E-state index in [2.05, 4.69) is 26.9 Å². The molecular formula is C10H16N4O3S2. The van der Waals surface area contributed by atoms with Gasteiger partial charge in [0.05, 0.1) is 6.54 Å². The number of carbonyl (C=O) groups is 2. The van der Waals surface area contributed by atoms with Crippen LogP contribution < -0.4 is 10.6 Å². The first kappa shape index (κ1) is 15.9. The summed E-state index contributed by atoms with van der Waals surface area (Å²) < 4.78 is 4.09. The number of nitrogens with one attached hydrogen (secondary N) is 2. The lowest BCUT2D eigenvalue weighted by Gasteiger charge is -2.07. The highest BCUT2D eigenvalue weighted by molar-refractivity contribution is 7.99. The molecule has 0 saturated heterocycles. The molecule has 0 aliphatic heterocycles. The summed E-state index contributed by atoms with van der Waals surface area (Å²) in [6.07, 6.45) is 1.03. The number of anilines is 1. The van der Waals surface area contributed by atoms with E-state index in [1.807, 2.05) is 0 Å². The van der Waals surface area contributed by atoms with Crippen molar-refractivity contribution in [3.63, 3.8) is 0 Å². The molecule has 1 heterocycles. The third-order valence-electron chi connectivity index (χ3n) is 2.03. The maximum atomic E-state index is 11.5. The van der Waals surface area contributed by atoms with Gasteiger partial charge in [-0.1, -0.05) is 18.7 Å². The maximum absolute atomic E-state index is 11.5. The molecule has 1 rings (SSSR count). The first-order valence-corrected chi connectivity index (χ1v) is 7.51. The SMILES string of the molecule is CCCSc1nsc(NC(=O)CN[C@@H](C)C(=O)O)n1. The molecule has 1 aromatic heterocycles. The van der Waals surface area contributed by atoms with Crippen LogP contribution in [0.3, 0.4) is 0 Å². The number of amides is 1. The zero-order valence-electron chi connectivity index (χ0n) is 10.7. The second kappa shape index (κ2) is 8.08. The van der Waals surface area contributed by atoms with Gasteiger partial charge in [-0.15, -0.1) is 0 Å². The minimum Gasteiger partial charge on any atom is -0.480 e. The molecule has 3 N–H and O–H groups in total. The number of thioether (sulfide) groups is 1. The van der Waals surface area contributed by atoms with Gasteiger partial charge in [-0.2, -0.15) is 9.36 Å². The average Bonchev–Trinajstić information content (AvgIpc) is 2.80. The van der Waals surface area contributed by atoms with E-state index in [-0.39, 0.29) is 12.5 Å². The Hall–Kier alpha value is -1.19. The summed E-state index contributed by atoms with van der Waals surface area (Å²) in [4.78, 5) is 26.2. The number of nitrogens with zero attached hydrogens (tertiary/aromatic N) is 2. The van der Waals surface area contributed by atoms with Crippen molar-refractivity contribution in [2.75, 3.05) is 17.6 Å². The van der Waals surface area contributed by atoms with Crippen LogP contribution >= 0.6 is 23.3 Å². The third-order valence-corrected chi connectivity index (χ3v) is 3.83.